The van der Waals surface area contributed by atoms with E-state index in [-0.39, 0.29) is 5.91 Å². The molecule has 22 heavy (non-hydrogen) atoms. The third-order valence-electron chi connectivity index (χ3n) is 2.97. The van der Waals surface area contributed by atoms with Crippen molar-refractivity contribution in [2.24, 2.45) is 0 Å². The molecule has 0 fully saturated rings. The summed E-state index contributed by atoms with van der Waals surface area (Å²) in [4.78, 5) is 19.8. The summed E-state index contributed by atoms with van der Waals surface area (Å²) in [7, 11) is 1.65. The molecule has 0 aromatic carbocycles. The van der Waals surface area contributed by atoms with Gasteiger partial charge in [0.1, 0.15) is 12.1 Å². The Morgan fingerprint density at radius 1 is 1.41 bits per heavy atom. The van der Waals surface area contributed by atoms with E-state index < -0.39 is 0 Å². The van der Waals surface area contributed by atoms with Gasteiger partial charge in [-0.2, -0.15) is 5.10 Å². The van der Waals surface area contributed by atoms with Gasteiger partial charge in [0.25, 0.3) is 0 Å². The third kappa shape index (κ3) is 4.01. The van der Waals surface area contributed by atoms with Crippen molar-refractivity contribution in [3.63, 3.8) is 0 Å². The molecule has 2 heterocycles. The molecule has 118 valence electrons. The molecule has 2 N–H and O–H groups in total. The van der Waals surface area contributed by atoms with Crippen molar-refractivity contribution in [3.05, 3.63) is 24.7 Å². The number of allylic oxidation sites excluding steroid dienone is 1. The van der Waals surface area contributed by atoms with E-state index in [0.717, 1.165) is 16.9 Å². The Morgan fingerprint density at radius 2 is 2.27 bits per heavy atom. The molecule has 0 unspecified atom stereocenters. The lowest BCUT2D eigenvalue weighted by Crippen LogP contribution is -2.25. The van der Waals surface area contributed by atoms with Crippen molar-refractivity contribution in [3.8, 4) is 0 Å². The van der Waals surface area contributed by atoms with Gasteiger partial charge >= 0.3 is 0 Å². The molecule has 2 aromatic heterocycles. The molecule has 0 saturated heterocycles. The van der Waals surface area contributed by atoms with Crippen LogP contribution in [0.25, 0.3) is 11.0 Å². The van der Waals surface area contributed by atoms with Gasteiger partial charge in [-0.25, -0.2) is 14.6 Å². The number of aromatic nitrogens is 4. The predicted octanol–water partition coefficient (Wildman–Crippen LogP) is 0.577. The zero-order valence-electron chi connectivity index (χ0n) is 12.7. The van der Waals surface area contributed by atoms with Crippen molar-refractivity contribution >= 4 is 22.8 Å². The number of methoxy groups -OCH3 is 1. The molecule has 0 aliphatic rings. The van der Waals surface area contributed by atoms with Crippen molar-refractivity contribution in [1.29, 1.82) is 0 Å². The van der Waals surface area contributed by atoms with Crippen LogP contribution >= 0.6 is 0 Å². The highest BCUT2D eigenvalue weighted by Crippen LogP contribution is 2.17. The van der Waals surface area contributed by atoms with Crippen LogP contribution in [0.15, 0.2) is 24.7 Å². The first-order valence-corrected chi connectivity index (χ1v) is 7.06. The number of anilines is 1. The Labute approximate surface area is 128 Å². The van der Waals surface area contributed by atoms with Gasteiger partial charge in [-0.05, 0) is 13.0 Å². The summed E-state index contributed by atoms with van der Waals surface area (Å²) in [5, 5.41) is 11.1. The second kappa shape index (κ2) is 8.08. The summed E-state index contributed by atoms with van der Waals surface area (Å²) >= 11 is 0. The van der Waals surface area contributed by atoms with E-state index in [0.29, 0.717) is 26.2 Å². The maximum Gasteiger partial charge on any atom is 0.243 e. The monoisotopic (exact) mass is 304 g/mol. The van der Waals surface area contributed by atoms with Crippen LogP contribution < -0.4 is 10.6 Å². The van der Waals surface area contributed by atoms with E-state index in [1.54, 1.807) is 31.0 Å². The summed E-state index contributed by atoms with van der Waals surface area (Å²) in [6.07, 6.45) is 6.40. The van der Waals surface area contributed by atoms with Gasteiger partial charge in [0.15, 0.2) is 5.65 Å². The molecule has 1 amide bonds. The third-order valence-corrected chi connectivity index (χ3v) is 2.97. The van der Waals surface area contributed by atoms with Crippen LogP contribution in [0.2, 0.25) is 0 Å². The van der Waals surface area contributed by atoms with Crippen LogP contribution in [0.1, 0.15) is 6.92 Å². The van der Waals surface area contributed by atoms with E-state index in [1.807, 2.05) is 0 Å². The zero-order chi connectivity index (χ0) is 15.8. The molecule has 8 nitrogen and oxygen atoms in total. The molecule has 0 bridgehead atoms. The summed E-state index contributed by atoms with van der Waals surface area (Å²) in [5.74, 6) is 0.613. The first-order chi connectivity index (χ1) is 10.8. The average Bonchev–Trinajstić information content (AvgIpc) is 2.92. The summed E-state index contributed by atoms with van der Waals surface area (Å²) < 4.78 is 6.75. The Kier molecular flexibility index (Phi) is 5.84. The van der Waals surface area contributed by atoms with E-state index in [9.17, 15) is 4.79 Å². The van der Waals surface area contributed by atoms with Crippen LogP contribution in [0, 0.1) is 0 Å². The lowest BCUT2D eigenvalue weighted by Gasteiger charge is -2.06. The number of amides is 1. The summed E-state index contributed by atoms with van der Waals surface area (Å²) in [6.45, 7) is 4.08. The largest absolute Gasteiger partial charge is 0.383 e. The number of nitrogens with zero attached hydrogens (tertiary/aromatic N) is 4. The maximum absolute atomic E-state index is 11.4. The van der Waals surface area contributed by atoms with Gasteiger partial charge in [0.2, 0.25) is 5.91 Å². The summed E-state index contributed by atoms with van der Waals surface area (Å²) in [5.41, 5.74) is 0.732. The van der Waals surface area contributed by atoms with Crippen LogP contribution in [-0.2, 0) is 16.1 Å². The second-order valence-corrected chi connectivity index (χ2v) is 4.54. The van der Waals surface area contributed by atoms with Crippen LogP contribution in [0.4, 0.5) is 5.82 Å². The van der Waals surface area contributed by atoms with Crippen molar-refractivity contribution < 1.29 is 9.53 Å². The van der Waals surface area contributed by atoms with Crippen LogP contribution in [0.5, 0.6) is 0 Å². The Hall–Kier alpha value is -2.48. The predicted molar refractivity (Wildman–Crippen MR) is 83.5 cm³/mol. The van der Waals surface area contributed by atoms with E-state index >= 15 is 0 Å². The topological polar surface area (TPSA) is 94.0 Å². The average molecular weight is 304 g/mol. The number of ether oxygens (including phenoxy) is 1. The summed E-state index contributed by atoms with van der Waals surface area (Å²) in [6, 6.07) is 0. The minimum atomic E-state index is -0.115. The highest BCUT2D eigenvalue weighted by molar-refractivity contribution is 5.87. The molecule has 8 heteroatoms. The first kappa shape index (κ1) is 15.9. The van der Waals surface area contributed by atoms with Gasteiger partial charge in [-0.15, -0.1) is 0 Å². The zero-order valence-corrected chi connectivity index (χ0v) is 12.7. The molecule has 0 aliphatic carbocycles. The molecule has 2 aromatic rings. The van der Waals surface area contributed by atoms with Crippen molar-refractivity contribution in [1.82, 2.24) is 25.1 Å². The number of fused-ring (bicyclic) bond motifs is 1. The maximum atomic E-state index is 11.4. The lowest BCUT2D eigenvalue weighted by molar-refractivity contribution is -0.116. The van der Waals surface area contributed by atoms with Gasteiger partial charge < -0.3 is 15.4 Å². The Morgan fingerprint density at radius 3 is 3.05 bits per heavy atom. The Bertz CT molecular complexity index is 652. The number of rotatable bonds is 8. The number of hydrogen-bond donors (Lipinski definition) is 2. The minimum absolute atomic E-state index is 0.115. The highest BCUT2D eigenvalue weighted by Gasteiger charge is 2.09. The molecular formula is C14H20N6O2. The highest BCUT2D eigenvalue weighted by atomic mass is 16.5. The van der Waals surface area contributed by atoms with Crippen molar-refractivity contribution in [2.75, 3.05) is 32.1 Å². The Balaban J connectivity index is 2.02. The number of carbonyl (C=O) groups is 1. The number of carbonyl (C=O) groups excluding carboxylic acids is 1. The van der Waals surface area contributed by atoms with E-state index in [4.69, 9.17) is 4.74 Å². The molecule has 0 atom stereocenters. The van der Waals surface area contributed by atoms with Crippen LogP contribution in [-0.4, -0.2) is 52.5 Å². The van der Waals surface area contributed by atoms with Gasteiger partial charge in [-0.1, -0.05) is 6.08 Å². The fourth-order valence-corrected chi connectivity index (χ4v) is 1.96. The fourth-order valence-electron chi connectivity index (χ4n) is 1.96. The molecule has 0 radical (unpaired) electrons. The smallest absolute Gasteiger partial charge is 0.243 e. The minimum Gasteiger partial charge on any atom is -0.383 e. The number of hydrogen-bond acceptors (Lipinski definition) is 6. The van der Waals surface area contributed by atoms with E-state index in [1.165, 1.54) is 12.4 Å². The second-order valence-electron chi connectivity index (χ2n) is 4.54. The van der Waals surface area contributed by atoms with Crippen LogP contribution in [0.3, 0.4) is 0 Å². The first-order valence-electron chi connectivity index (χ1n) is 7.06. The molecule has 0 aliphatic heterocycles. The van der Waals surface area contributed by atoms with Gasteiger partial charge in [0, 0.05) is 20.2 Å². The molecule has 0 saturated carbocycles. The van der Waals surface area contributed by atoms with Crippen molar-refractivity contribution in [2.45, 2.75) is 13.5 Å². The number of nitrogens with one attached hydrogen (secondary N) is 2. The lowest BCUT2D eigenvalue weighted by atomic mass is 10.4. The van der Waals surface area contributed by atoms with Gasteiger partial charge in [-0.3, -0.25) is 4.79 Å². The standard InChI is InChI=1S/C14H20N6O2/c1-3-4-12(21)15-5-7-20-14-11(9-19-20)13(17-10-18-14)16-6-8-22-2/h3-4,9-10H,5-8H2,1-2H3,(H,15,21)(H,16,17,18)/b4-3+. The SMILES string of the molecule is C/C=C/C(=O)NCCn1ncc2c(NCCOC)ncnc21. The van der Waals surface area contributed by atoms with Gasteiger partial charge in [0.05, 0.1) is 24.7 Å². The normalized spacial score (nSPS) is 11.2. The quantitative estimate of drug-likeness (QED) is 0.547. The van der Waals surface area contributed by atoms with E-state index in [2.05, 4.69) is 25.7 Å². The fraction of sp³-hybridized carbons (Fsp3) is 0.429. The molecule has 2 rings (SSSR count). The molecular weight excluding hydrogens is 284 g/mol. The molecule has 0 spiro atoms.